The van der Waals surface area contributed by atoms with Crippen LogP contribution in [0, 0.1) is 6.92 Å². The number of benzene rings is 3. The van der Waals surface area contributed by atoms with Crippen LogP contribution < -0.4 is 5.32 Å². The number of aryl methyl sites for hydroxylation is 1. The lowest BCUT2D eigenvalue weighted by Gasteiger charge is -2.12. The molecule has 4 rings (SSSR count). The Kier molecular flexibility index (Phi) is 11.4. The summed E-state index contributed by atoms with van der Waals surface area (Å²) in [7, 11) is 0. The number of amides is 1. The largest absolute Gasteiger partial charge is 0.508 e. The monoisotopic (exact) mass is 534 g/mol. The van der Waals surface area contributed by atoms with Crippen LogP contribution in [0.25, 0.3) is 22.0 Å². The Labute approximate surface area is 227 Å². The first-order valence-corrected chi connectivity index (χ1v) is 12.4. The van der Waals surface area contributed by atoms with Gasteiger partial charge in [-0.05, 0) is 67.8 Å². The van der Waals surface area contributed by atoms with Gasteiger partial charge < -0.3 is 15.5 Å². The zero-order chi connectivity index (χ0) is 28.2. The predicted molar refractivity (Wildman–Crippen MR) is 151 cm³/mol. The second kappa shape index (κ2) is 14.5. The summed E-state index contributed by atoms with van der Waals surface area (Å²) >= 11 is 6.21. The number of aromatic nitrogens is 1. The van der Waals surface area contributed by atoms with Crippen molar-refractivity contribution in [1.29, 1.82) is 0 Å². The van der Waals surface area contributed by atoms with E-state index in [4.69, 9.17) is 16.7 Å². The van der Waals surface area contributed by atoms with Crippen molar-refractivity contribution in [3.63, 3.8) is 0 Å². The fourth-order valence-electron chi connectivity index (χ4n) is 3.67. The quantitative estimate of drug-likeness (QED) is 0.242. The maximum Gasteiger partial charge on any atom is 0.336 e. The molecular weight excluding hydrogens is 504 g/mol. The molecule has 0 saturated heterocycles. The topological polar surface area (TPSA) is 117 Å². The fourth-order valence-corrected chi connectivity index (χ4v) is 3.91. The molecule has 38 heavy (non-hydrogen) atoms. The first-order valence-electron chi connectivity index (χ1n) is 12.1. The van der Waals surface area contributed by atoms with Gasteiger partial charge in [-0.2, -0.15) is 0 Å². The van der Waals surface area contributed by atoms with Gasteiger partial charge in [-0.3, -0.25) is 14.6 Å². The number of carbonyl (C=O) groups is 3. The van der Waals surface area contributed by atoms with Crippen LogP contribution in [0.2, 0.25) is 5.02 Å². The number of aromatic carboxylic acids is 1. The van der Waals surface area contributed by atoms with Gasteiger partial charge in [-0.1, -0.05) is 61.8 Å². The maximum absolute atomic E-state index is 11.4. The highest BCUT2D eigenvalue weighted by Crippen LogP contribution is 2.31. The average Bonchev–Trinajstić information content (AvgIpc) is 2.90. The number of carbonyl (C=O) groups excluding carboxylic acids is 2. The number of nitrogens with zero attached hydrogens (tertiary/aromatic N) is 1. The number of pyridine rings is 1. The molecule has 7 nitrogen and oxygen atoms in total. The van der Waals surface area contributed by atoms with Gasteiger partial charge in [0.25, 0.3) is 0 Å². The Morgan fingerprint density at radius 1 is 1.03 bits per heavy atom. The third-order valence-corrected chi connectivity index (χ3v) is 5.82. The molecule has 198 valence electrons. The van der Waals surface area contributed by atoms with Crippen LogP contribution >= 0.6 is 11.6 Å². The molecule has 1 amide bonds. The molecule has 0 radical (unpaired) electrons. The Morgan fingerprint density at radius 2 is 1.68 bits per heavy atom. The van der Waals surface area contributed by atoms with Gasteiger partial charge in [0.1, 0.15) is 5.75 Å². The number of Topliss-reactive ketones (excluding diaryl/α,β-unsaturated/α-hetero) is 1. The van der Waals surface area contributed by atoms with Crippen molar-refractivity contribution in [2.75, 3.05) is 0 Å². The summed E-state index contributed by atoms with van der Waals surface area (Å²) in [4.78, 5) is 37.2. The molecule has 8 heteroatoms. The summed E-state index contributed by atoms with van der Waals surface area (Å²) < 4.78 is 0. The molecule has 0 saturated carbocycles. The van der Waals surface area contributed by atoms with Gasteiger partial charge in [0, 0.05) is 21.7 Å². The average molecular weight is 535 g/mol. The normalized spacial score (nSPS) is 10.8. The molecule has 0 aliphatic rings. The van der Waals surface area contributed by atoms with Crippen molar-refractivity contribution in [1.82, 2.24) is 10.3 Å². The standard InChI is InChI=1S/C17H12ClNO2.C11H13NO3.C2H6/c1-10-8-14(17(20)21)13-9-11(6-7-16(13)19-10)12-4-2-3-5-15(12)18;1-8(14)11(12-7-13)6-9-2-4-10(15)5-3-9;1-2/h2-9H,1H3,(H,20,21);2-5,7,11,15H,6H2,1H3,(H,12,13);1-2H3. The van der Waals surface area contributed by atoms with Crippen molar-refractivity contribution in [3.05, 3.63) is 94.6 Å². The number of aromatic hydroxyl groups is 1. The van der Waals surface area contributed by atoms with E-state index in [0.29, 0.717) is 34.5 Å². The lowest BCUT2D eigenvalue weighted by molar-refractivity contribution is -0.121. The van der Waals surface area contributed by atoms with Crippen LogP contribution in [0.3, 0.4) is 0 Å². The molecule has 0 aliphatic carbocycles. The van der Waals surface area contributed by atoms with Crippen molar-refractivity contribution in [3.8, 4) is 16.9 Å². The highest BCUT2D eigenvalue weighted by Gasteiger charge is 2.14. The number of carboxylic acid groups (broad SMARTS) is 1. The number of fused-ring (bicyclic) bond motifs is 1. The number of phenols is 1. The molecule has 0 spiro atoms. The molecule has 4 aromatic rings. The van der Waals surface area contributed by atoms with Crippen molar-refractivity contribution >= 4 is 40.7 Å². The fraction of sp³-hybridized carbons (Fsp3) is 0.200. The van der Waals surface area contributed by atoms with E-state index in [0.717, 1.165) is 16.7 Å². The van der Waals surface area contributed by atoms with Crippen LogP contribution in [-0.2, 0) is 16.0 Å². The lowest BCUT2D eigenvalue weighted by Crippen LogP contribution is -2.36. The molecule has 1 atom stereocenters. The second-order valence-corrected chi connectivity index (χ2v) is 8.55. The summed E-state index contributed by atoms with van der Waals surface area (Å²) in [6.07, 6.45) is 0.959. The van der Waals surface area contributed by atoms with Crippen LogP contribution in [-0.4, -0.2) is 39.4 Å². The number of ketones is 1. The molecule has 0 aliphatic heterocycles. The van der Waals surface area contributed by atoms with Gasteiger partial charge in [-0.15, -0.1) is 0 Å². The Hall–Kier alpha value is -4.23. The van der Waals surface area contributed by atoms with Gasteiger partial charge in [-0.25, -0.2) is 4.79 Å². The van der Waals surface area contributed by atoms with Gasteiger partial charge >= 0.3 is 5.97 Å². The summed E-state index contributed by atoms with van der Waals surface area (Å²) in [6.45, 7) is 7.22. The van der Waals surface area contributed by atoms with E-state index >= 15 is 0 Å². The highest BCUT2D eigenvalue weighted by atomic mass is 35.5. The second-order valence-electron chi connectivity index (χ2n) is 8.15. The summed E-state index contributed by atoms with van der Waals surface area (Å²) in [5.74, 6) is -0.863. The van der Waals surface area contributed by atoms with Crippen molar-refractivity contribution in [2.45, 2.75) is 40.2 Å². The van der Waals surface area contributed by atoms with Gasteiger partial charge in [0.05, 0.1) is 17.1 Å². The summed E-state index contributed by atoms with van der Waals surface area (Å²) in [5, 5.41) is 22.1. The van der Waals surface area contributed by atoms with E-state index in [2.05, 4.69) is 10.3 Å². The molecule has 1 heterocycles. The number of hydrogen-bond donors (Lipinski definition) is 3. The van der Waals surface area contributed by atoms with E-state index in [-0.39, 0.29) is 17.1 Å². The van der Waals surface area contributed by atoms with Crippen LogP contribution in [0.5, 0.6) is 5.75 Å². The molecule has 0 bridgehead atoms. The molecule has 0 fully saturated rings. The highest BCUT2D eigenvalue weighted by molar-refractivity contribution is 6.33. The SMILES string of the molecule is CC.CC(=O)C(Cc1ccc(O)cc1)NC=O.Cc1cc(C(=O)O)c2cc(-c3ccccc3Cl)ccc2n1. The Balaban J connectivity index is 0.000000264. The minimum Gasteiger partial charge on any atom is -0.508 e. The Morgan fingerprint density at radius 3 is 2.26 bits per heavy atom. The minimum absolute atomic E-state index is 0.0878. The smallest absolute Gasteiger partial charge is 0.336 e. The summed E-state index contributed by atoms with van der Waals surface area (Å²) in [6, 6.07) is 20.7. The zero-order valence-electron chi connectivity index (χ0n) is 21.7. The van der Waals surface area contributed by atoms with Crippen molar-refractivity contribution in [2.24, 2.45) is 0 Å². The number of phenolic OH excluding ortho intramolecular Hbond substituents is 1. The molecular formula is C30H31ClN2O5. The first-order chi connectivity index (χ1) is 18.2. The lowest BCUT2D eigenvalue weighted by atomic mass is 10.0. The summed E-state index contributed by atoms with van der Waals surface area (Å²) in [5.41, 5.74) is 4.25. The van der Waals surface area contributed by atoms with Gasteiger partial charge in [0.15, 0.2) is 5.78 Å². The molecule has 1 unspecified atom stereocenters. The molecule has 1 aromatic heterocycles. The third-order valence-electron chi connectivity index (χ3n) is 5.49. The predicted octanol–water partition coefficient (Wildman–Crippen LogP) is 6.23. The van der Waals surface area contributed by atoms with E-state index < -0.39 is 12.0 Å². The zero-order valence-corrected chi connectivity index (χ0v) is 22.5. The minimum atomic E-state index is -0.957. The van der Waals surface area contributed by atoms with E-state index in [9.17, 15) is 19.5 Å². The van der Waals surface area contributed by atoms with Crippen LogP contribution in [0.1, 0.15) is 42.4 Å². The number of hydrogen-bond acceptors (Lipinski definition) is 5. The Bertz CT molecular complexity index is 1400. The van der Waals surface area contributed by atoms with Gasteiger partial charge in [0.2, 0.25) is 6.41 Å². The number of nitrogens with one attached hydrogen (secondary N) is 1. The maximum atomic E-state index is 11.4. The number of rotatable bonds is 7. The number of carboxylic acids is 1. The third kappa shape index (κ3) is 8.15. The van der Waals surface area contributed by atoms with E-state index in [1.165, 1.54) is 6.92 Å². The molecule has 3 N–H and O–H groups in total. The molecule has 3 aromatic carbocycles. The van der Waals surface area contributed by atoms with Crippen LogP contribution in [0.15, 0.2) is 72.8 Å². The number of halogens is 1. The van der Waals surface area contributed by atoms with E-state index in [1.807, 2.05) is 56.3 Å². The first kappa shape index (κ1) is 30.0. The van der Waals surface area contributed by atoms with Crippen LogP contribution in [0.4, 0.5) is 0 Å². The van der Waals surface area contributed by atoms with Crippen molar-refractivity contribution < 1.29 is 24.6 Å². The van der Waals surface area contributed by atoms with E-state index in [1.54, 1.807) is 37.3 Å².